The normalized spacial score (nSPS) is 11.8. The fraction of sp³-hybridized carbons (Fsp3) is 0.0625. The number of rotatable bonds is 6. The zero-order valence-corrected chi connectivity index (χ0v) is 24.6. The van der Waals surface area contributed by atoms with Gasteiger partial charge < -0.3 is 9.80 Å². The summed E-state index contributed by atoms with van der Waals surface area (Å²) in [6.07, 6.45) is -9.05. The lowest BCUT2D eigenvalue weighted by atomic mass is 10.1. The molecule has 5 rings (SSSR count). The summed E-state index contributed by atoms with van der Waals surface area (Å²) in [7, 11) is 0. The van der Waals surface area contributed by atoms with Crippen LogP contribution in [0.4, 0.5) is 60.5 Å². The Hall–Kier alpha value is -3.76. The first-order valence-corrected chi connectivity index (χ1v) is 14.0. The second kappa shape index (κ2) is 11.9. The van der Waals surface area contributed by atoms with Crippen LogP contribution in [0.25, 0.3) is 0 Å². The highest BCUT2D eigenvalue weighted by Crippen LogP contribution is 2.42. The number of anilines is 6. The summed E-state index contributed by atoms with van der Waals surface area (Å²) >= 11 is 6.78. The fourth-order valence-corrected chi connectivity index (χ4v) is 5.00. The molecule has 0 saturated heterocycles. The molecule has 0 saturated carbocycles. The van der Waals surface area contributed by atoms with E-state index >= 15 is 0 Å². The van der Waals surface area contributed by atoms with Crippen LogP contribution in [0.1, 0.15) is 11.1 Å². The molecule has 0 aliphatic carbocycles. The van der Waals surface area contributed by atoms with Crippen molar-refractivity contribution in [3.05, 3.63) is 141 Å². The summed E-state index contributed by atoms with van der Waals surface area (Å²) in [5.74, 6) is 0. The van der Waals surface area contributed by atoms with Gasteiger partial charge in [0.15, 0.2) is 0 Å². The van der Waals surface area contributed by atoms with E-state index in [-0.39, 0.29) is 0 Å². The monoisotopic (exact) mass is 704 g/mol. The van der Waals surface area contributed by atoms with Crippen LogP contribution in [0, 0.1) is 0 Å². The Morgan fingerprint density at radius 3 is 0.952 bits per heavy atom. The smallest absolute Gasteiger partial charge is 0.310 e. The van der Waals surface area contributed by atoms with Crippen molar-refractivity contribution in [2.45, 2.75) is 12.4 Å². The molecule has 0 bridgehead atoms. The number of hydrogen-bond donors (Lipinski definition) is 0. The molecular weight excluding hydrogens is 686 g/mol. The lowest BCUT2D eigenvalue weighted by Gasteiger charge is -2.29. The molecule has 10 heteroatoms. The maximum Gasteiger partial charge on any atom is 0.416 e. The zero-order chi connectivity index (χ0) is 30.1. The number of benzene rings is 5. The van der Waals surface area contributed by atoms with Crippen LogP contribution in [0.3, 0.4) is 0 Å². The predicted octanol–water partition coefficient (Wildman–Crippen LogP) is 12.2. The van der Waals surface area contributed by atoms with E-state index in [4.69, 9.17) is 0 Å². The van der Waals surface area contributed by atoms with Gasteiger partial charge in [0, 0.05) is 43.1 Å². The first kappa shape index (κ1) is 29.7. The summed E-state index contributed by atoms with van der Waals surface area (Å²) in [5.41, 5.74) is 1.36. The molecule has 5 aromatic carbocycles. The van der Waals surface area contributed by atoms with E-state index in [1.807, 2.05) is 0 Å². The van der Waals surface area contributed by atoms with E-state index in [9.17, 15) is 26.3 Å². The average Bonchev–Trinajstić information content (AvgIpc) is 2.96. The van der Waals surface area contributed by atoms with Gasteiger partial charge in [0.25, 0.3) is 0 Å². The first-order chi connectivity index (χ1) is 19.9. The molecule has 2 nitrogen and oxygen atoms in total. The maximum absolute atomic E-state index is 13.6. The Balaban J connectivity index is 1.61. The zero-order valence-electron chi connectivity index (χ0n) is 21.5. The predicted molar refractivity (Wildman–Crippen MR) is 161 cm³/mol. The molecule has 214 valence electrons. The molecule has 0 heterocycles. The van der Waals surface area contributed by atoms with Gasteiger partial charge in [0.1, 0.15) is 0 Å². The molecule has 0 spiro atoms. The van der Waals surface area contributed by atoms with Gasteiger partial charge in [-0.15, -0.1) is 0 Å². The van der Waals surface area contributed by atoms with Gasteiger partial charge in [-0.1, -0.05) is 44.0 Å². The van der Waals surface area contributed by atoms with Gasteiger partial charge in [-0.3, -0.25) is 0 Å². The van der Waals surface area contributed by atoms with Gasteiger partial charge in [-0.2, -0.15) is 26.3 Å². The number of halogens is 8. The van der Waals surface area contributed by atoms with Gasteiger partial charge in [-0.25, -0.2) is 0 Å². The van der Waals surface area contributed by atoms with E-state index in [0.29, 0.717) is 34.1 Å². The summed E-state index contributed by atoms with van der Waals surface area (Å²) in [5, 5.41) is 0. The molecule has 0 unspecified atom stereocenters. The van der Waals surface area contributed by atoms with Crippen molar-refractivity contribution in [2.24, 2.45) is 0 Å². The standard InChI is InChI=1S/C32H20Br2F6N2/c33-23-7-11-25(12-8-23)41(29-5-1-3-21(19-29)31(35,36)37)27-15-17-28(18-16-27)42(26-13-9-24(34)10-14-26)30-6-2-4-22(20-30)32(38,39)40/h1-20H. The Labute approximate surface area is 255 Å². The Bertz CT molecular complexity index is 1540. The van der Waals surface area contributed by atoms with Crippen LogP contribution in [-0.4, -0.2) is 0 Å². The van der Waals surface area contributed by atoms with E-state index in [2.05, 4.69) is 31.9 Å². The highest BCUT2D eigenvalue weighted by molar-refractivity contribution is 9.10. The van der Waals surface area contributed by atoms with Gasteiger partial charge in [0.05, 0.1) is 11.1 Å². The molecule has 0 radical (unpaired) electrons. The molecule has 0 aromatic heterocycles. The van der Waals surface area contributed by atoms with Crippen molar-refractivity contribution in [2.75, 3.05) is 9.80 Å². The van der Waals surface area contributed by atoms with Crippen molar-refractivity contribution < 1.29 is 26.3 Å². The van der Waals surface area contributed by atoms with E-state index in [1.54, 1.807) is 94.7 Å². The summed E-state index contributed by atoms with van der Waals surface area (Å²) in [6, 6.07) is 31.2. The minimum absolute atomic E-state index is 0.294. The number of nitrogens with zero attached hydrogens (tertiary/aromatic N) is 2. The third-order valence-electron chi connectivity index (χ3n) is 6.40. The molecule has 0 amide bonds. The van der Waals surface area contributed by atoms with E-state index in [0.717, 1.165) is 33.2 Å². The van der Waals surface area contributed by atoms with Gasteiger partial charge >= 0.3 is 12.4 Å². The van der Waals surface area contributed by atoms with Crippen molar-refractivity contribution in [1.29, 1.82) is 0 Å². The molecule has 42 heavy (non-hydrogen) atoms. The van der Waals surface area contributed by atoms with Crippen LogP contribution in [0.2, 0.25) is 0 Å². The number of hydrogen-bond acceptors (Lipinski definition) is 2. The molecule has 0 fully saturated rings. The van der Waals surface area contributed by atoms with Crippen LogP contribution in [-0.2, 0) is 12.4 Å². The van der Waals surface area contributed by atoms with Gasteiger partial charge in [0.2, 0.25) is 0 Å². The van der Waals surface area contributed by atoms with Crippen molar-refractivity contribution in [3.8, 4) is 0 Å². The molecule has 0 atom stereocenters. The highest BCUT2D eigenvalue weighted by atomic mass is 79.9. The SMILES string of the molecule is FC(F)(F)c1cccc(N(c2ccc(Br)cc2)c2ccc(N(c3ccc(Br)cc3)c3cccc(C(F)(F)F)c3)cc2)c1. The second-order valence-electron chi connectivity index (χ2n) is 9.24. The second-order valence-corrected chi connectivity index (χ2v) is 11.1. The molecule has 5 aromatic rings. The maximum atomic E-state index is 13.6. The highest BCUT2D eigenvalue weighted by Gasteiger charge is 2.32. The summed E-state index contributed by atoms with van der Waals surface area (Å²) in [4.78, 5) is 3.36. The minimum atomic E-state index is -4.53. The van der Waals surface area contributed by atoms with E-state index < -0.39 is 23.5 Å². The van der Waals surface area contributed by atoms with Crippen LogP contribution in [0.5, 0.6) is 0 Å². The van der Waals surface area contributed by atoms with E-state index in [1.165, 1.54) is 12.1 Å². The first-order valence-electron chi connectivity index (χ1n) is 12.5. The molecule has 0 aliphatic rings. The van der Waals surface area contributed by atoms with Crippen LogP contribution < -0.4 is 9.80 Å². The quantitative estimate of drug-likeness (QED) is 0.162. The topological polar surface area (TPSA) is 6.48 Å². The molecular formula is C32H20Br2F6N2. The third-order valence-corrected chi connectivity index (χ3v) is 7.46. The fourth-order valence-electron chi connectivity index (χ4n) is 4.47. The lowest BCUT2D eigenvalue weighted by molar-refractivity contribution is -0.138. The van der Waals surface area contributed by atoms with Crippen molar-refractivity contribution in [1.82, 2.24) is 0 Å². The molecule has 0 N–H and O–H groups in total. The third kappa shape index (κ3) is 6.65. The molecule has 0 aliphatic heterocycles. The average molecular weight is 706 g/mol. The summed E-state index contributed by atoms with van der Waals surface area (Å²) < 4.78 is 83.1. The van der Waals surface area contributed by atoms with Crippen molar-refractivity contribution in [3.63, 3.8) is 0 Å². The minimum Gasteiger partial charge on any atom is -0.310 e. The largest absolute Gasteiger partial charge is 0.416 e. The number of alkyl halides is 6. The Kier molecular flexibility index (Phi) is 8.39. The van der Waals surface area contributed by atoms with Gasteiger partial charge in [-0.05, 0) is 109 Å². The lowest BCUT2D eigenvalue weighted by Crippen LogP contribution is -2.14. The summed E-state index contributed by atoms with van der Waals surface area (Å²) in [6.45, 7) is 0. The Morgan fingerprint density at radius 1 is 0.381 bits per heavy atom. The van der Waals surface area contributed by atoms with Crippen LogP contribution in [0.15, 0.2) is 130 Å². The van der Waals surface area contributed by atoms with Crippen LogP contribution >= 0.6 is 31.9 Å². The van der Waals surface area contributed by atoms with Crippen molar-refractivity contribution >= 4 is 66.0 Å². The Morgan fingerprint density at radius 2 is 0.667 bits per heavy atom.